The SMILES string of the molecule is Cc1n[nH]c(C)c1CNC(=O)CCSCc1ccc(F)cc1. The fourth-order valence-electron chi connectivity index (χ4n) is 2.05. The number of aromatic amines is 1. The number of aromatic nitrogens is 2. The Labute approximate surface area is 133 Å². The number of aryl methyl sites for hydroxylation is 2. The van der Waals surface area contributed by atoms with Crippen LogP contribution in [-0.2, 0) is 17.1 Å². The molecule has 118 valence electrons. The predicted octanol–water partition coefficient (Wildman–Crippen LogP) is 3.11. The highest BCUT2D eigenvalue weighted by atomic mass is 32.2. The molecule has 0 atom stereocenters. The van der Waals surface area contributed by atoms with Crippen LogP contribution in [0.5, 0.6) is 0 Å². The molecule has 2 rings (SSSR count). The topological polar surface area (TPSA) is 57.8 Å². The Kier molecular flexibility index (Phi) is 6.00. The number of halogens is 1. The number of nitrogens with one attached hydrogen (secondary N) is 2. The zero-order valence-electron chi connectivity index (χ0n) is 12.8. The smallest absolute Gasteiger partial charge is 0.221 e. The molecule has 0 saturated heterocycles. The van der Waals surface area contributed by atoms with Crippen LogP contribution in [0.25, 0.3) is 0 Å². The van der Waals surface area contributed by atoms with Gasteiger partial charge in [0.2, 0.25) is 5.91 Å². The van der Waals surface area contributed by atoms with E-state index in [1.165, 1.54) is 12.1 Å². The van der Waals surface area contributed by atoms with Gasteiger partial charge >= 0.3 is 0 Å². The highest BCUT2D eigenvalue weighted by Gasteiger charge is 2.08. The van der Waals surface area contributed by atoms with E-state index in [9.17, 15) is 9.18 Å². The minimum atomic E-state index is -0.224. The van der Waals surface area contributed by atoms with E-state index in [-0.39, 0.29) is 11.7 Å². The van der Waals surface area contributed by atoms with Crippen LogP contribution in [0, 0.1) is 19.7 Å². The van der Waals surface area contributed by atoms with E-state index >= 15 is 0 Å². The lowest BCUT2D eigenvalue weighted by Gasteiger charge is -2.06. The Morgan fingerprint density at radius 3 is 2.68 bits per heavy atom. The second-order valence-corrected chi connectivity index (χ2v) is 6.22. The molecule has 0 saturated carbocycles. The van der Waals surface area contributed by atoms with Crippen molar-refractivity contribution in [3.05, 3.63) is 52.6 Å². The van der Waals surface area contributed by atoms with Crippen molar-refractivity contribution in [1.29, 1.82) is 0 Å². The van der Waals surface area contributed by atoms with E-state index < -0.39 is 0 Å². The van der Waals surface area contributed by atoms with Gasteiger partial charge in [0.15, 0.2) is 0 Å². The third kappa shape index (κ3) is 4.87. The Morgan fingerprint density at radius 2 is 2.05 bits per heavy atom. The molecule has 0 unspecified atom stereocenters. The third-order valence-electron chi connectivity index (χ3n) is 3.40. The van der Waals surface area contributed by atoms with E-state index in [4.69, 9.17) is 0 Å². The fourth-order valence-corrected chi connectivity index (χ4v) is 2.95. The summed E-state index contributed by atoms with van der Waals surface area (Å²) < 4.78 is 12.8. The first-order chi connectivity index (χ1) is 10.6. The quantitative estimate of drug-likeness (QED) is 0.771. The van der Waals surface area contributed by atoms with Crippen molar-refractivity contribution < 1.29 is 9.18 Å². The van der Waals surface area contributed by atoms with Gasteiger partial charge in [-0.05, 0) is 31.5 Å². The normalized spacial score (nSPS) is 10.7. The molecular weight excluding hydrogens is 301 g/mol. The van der Waals surface area contributed by atoms with Crippen molar-refractivity contribution in [2.24, 2.45) is 0 Å². The number of benzene rings is 1. The first-order valence-corrected chi connectivity index (χ1v) is 8.31. The molecule has 1 heterocycles. The lowest BCUT2D eigenvalue weighted by Crippen LogP contribution is -2.23. The third-order valence-corrected chi connectivity index (χ3v) is 4.43. The summed E-state index contributed by atoms with van der Waals surface area (Å²) in [5.74, 6) is 1.34. The van der Waals surface area contributed by atoms with Crippen LogP contribution in [0.2, 0.25) is 0 Å². The predicted molar refractivity (Wildman–Crippen MR) is 87.1 cm³/mol. The van der Waals surface area contributed by atoms with Gasteiger partial charge < -0.3 is 5.32 Å². The molecule has 2 N–H and O–H groups in total. The van der Waals surface area contributed by atoms with Gasteiger partial charge in [0.25, 0.3) is 0 Å². The van der Waals surface area contributed by atoms with E-state index in [2.05, 4.69) is 15.5 Å². The number of H-pyrrole nitrogens is 1. The summed E-state index contributed by atoms with van der Waals surface area (Å²) in [7, 11) is 0. The van der Waals surface area contributed by atoms with Crippen LogP contribution in [0.3, 0.4) is 0 Å². The Hall–Kier alpha value is -1.82. The maximum Gasteiger partial charge on any atom is 0.221 e. The number of carbonyl (C=O) groups excluding carboxylic acids is 1. The Balaban J connectivity index is 1.65. The summed E-state index contributed by atoms with van der Waals surface area (Å²) in [6.07, 6.45) is 0.474. The number of amides is 1. The number of nitrogens with zero attached hydrogens (tertiary/aromatic N) is 1. The lowest BCUT2D eigenvalue weighted by atomic mass is 10.2. The molecule has 0 fully saturated rings. The largest absolute Gasteiger partial charge is 0.352 e. The summed E-state index contributed by atoms with van der Waals surface area (Å²) >= 11 is 1.67. The maximum absolute atomic E-state index is 12.8. The fraction of sp³-hybridized carbons (Fsp3) is 0.375. The molecule has 0 spiro atoms. The van der Waals surface area contributed by atoms with Gasteiger partial charge in [-0.15, -0.1) is 0 Å². The first kappa shape index (κ1) is 16.5. The van der Waals surface area contributed by atoms with Gasteiger partial charge in [-0.2, -0.15) is 16.9 Å². The Morgan fingerprint density at radius 1 is 1.32 bits per heavy atom. The van der Waals surface area contributed by atoms with Crippen LogP contribution < -0.4 is 5.32 Å². The standard InChI is InChI=1S/C16H20FN3OS/c1-11-15(12(2)20-19-11)9-18-16(21)7-8-22-10-13-3-5-14(17)6-4-13/h3-6H,7-10H2,1-2H3,(H,18,21)(H,19,20). The van der Waals surface area contributed by atoms with Crippen LogP contribution in [-0.4, -0.2) is 21.9 Å². The van der Waals surface area contributed by atoms with Crippen LogP contribution in [0.4, 0.5) is 4.39 Å². The number of hydrogen-bond acceptors (Lipinski definition) is 3. The summed E-state index contributed by atoms with van der Waals surface area (Å²) in [4.78, 5) is 11.8. The van der Waals surface area contributed by atoms with E-state index in [1.807, 2.05) is 13.8 Å². The summed E-state index contributed by atoms with van der Waals surface area (Å²) in [5.41, 5.74) is 4.02. The maximum atomic E-state index is 12.8. The monoisotopic (exact) mass is 321 g/mol. The number of hydrogen-bond donors (Lipinski definition) is 2. The zero-order valence-corrected chi connectivity index (χ0v) is 13.6. The Bertz CT molecular complexity index is 605. The molecule has 0 aliphatic rings. The molecular formula is C16H20FN3OS. The first-order valence-electron chi connectivity index (χ1n) is 7.15. The van der Waals surface area contributed by atoms with Crippen LogP contribution in [0.15, 0.2) is 24.3 Å². The van der Waals surface area contributed by atoms with E-state index in [0.717, 1.165) is 34.0 Å². The van der Waals surface area contributed by atoms with Crippen molar-refractivity contribution in [2.75, 3.05) is 5.75 Å². The molecule has 1 aromatic carbocycles. The van der Waals surface area contributed by atoms with Crippen molar-refractivity contribution in [3.63, 3.8) is 0 Å². The highest BCUT2D eigenvalue weighted by molar-refractivity contribution is 7.98. The zero-order chi connectivity index (χ0) is 15.9. The van der Waals surface area contributed by atoms with Gasteiger partial charge in [0, 0.05) is 35.7 Å². The molecule has 0 aliphatic heterocycles. The van der Waals surface area contributed by atoms with Gasteiger partial charge in [-0.25, -0.2) is 4.39 Å². The molecule has 0 aliphatic carbocycles. The van der Waals surface area contributed by atoms with Crippen molar-refractivity contribution in [1.82, 2.24) is 15.5 Å². The van der Waals surface area contributed by atoms with Crippen molar-refractivity contribution >= 4 is 17.7 Å². The van der Waals surface area contributed by atoms with Gasteiger partial charge in [-0.1, -0.05) is 12.1 Å². The highest BCUT2D eigenvalue weighted by Crippen LogP contribution is 2.14. The molecule has 4 nitrogen and oxygen atoms in total. The second-order valence-electron chi connectivity index (χ2n) is 5.12. The van der Waals surface area contributed by atoms with E-state index in [1.54, 1.807) is 23.9 Å². The summed E-state index contributed by atoms with van der Waals surface area (Å²) in [6, 6.07) is 6.45. The summed E-state index contributed by atoms with van der Waals surface area (Å²) in [5, 5.41) is 9.92. The van der Waals surface area contributed by atoms with Gasteiger partial charge in [-0.3, -0.25) is 9.89 Å². The molecule has 2 aromatic rings. The second kappa shape index (κ2) is 7.98. The minimum absolute atomic E-state index is 0.0339. The van der Waals surface area contributed by atoms with Crippen LogP contribution >= 0.6 is 11.8 Å². The number of carbonyl (C=O) groups is 1. The molecule has 6 heteroatoms. The molecule has 1 amide bonds. The molecule has 22 heavy (non-hydrogen) atoms. The molecule has 0 bridgehead atoms. The number of thioether (sulfide) groups is 1. The average Bonchev–Trinajstić information content (AvgIpc) is 2.82. The van der Waals surface area contributed by atoms with Gasteiger partial charge in [0.05, 0.1) is 5.69 Å². The molecule has 0 radical (unpaired) electrons. The molecule has 1 aromatic heterocycles. The van der Waals surface area contributed by atoms with Crippen LogP contribution in [0.1, 0.15) is 28.9 Å². The lowest BCUT2D eigenvalue weighted by molar-refractivity contribution is -0.120. The number of rotatable bonds is 7. The average molecular weight is 321 g/mol. The van der Waals surface area contributed by atoms with Gasteiger partial charge in [0.1, 0.15) is 5.82 Å². The summed E-state index contributed by atoms with van der Waals surface area (Å²) in [6.45, 7) is 4.37. The van der Waals surface area contributed by atoms with Crippen molar-refractivity contribution in [2.45, 2.75) is 32.6 Å². The van der Waals surface area contributed by atoms with Crippen molar-refractivity contribution in [3.8, 4) is 0 Å². The van der Waals surface area contributed by atoms with E-state index in [0.29, 0.717) is 13.0 Å². The minimum Gasteiger partial charge on any atom is -0.352 e.